The van der Waals surface area contributed by atoms with Crippen LogP contribution in [0.15, 0.2) is 76.1 Å². The number of carbonyl (C=O) groups is 2. The van der Waals surface area contributed by atoms with Gasteiger partial charge in [-0.05, 0) is 69.7 Å². The Labute approximate surface area is 203 Å². The molecule has 0 radical (unpaired) electrons. The van der Waals surface area contributed by atoms with Crippen LogP contribution >= 0.6 is 39.3 Å². The van der Waals surface area contributed by atoms with Gasteiger partial charge in [-0.2, -0.15) is 0 Å². The van der Waals surface area contributed by atoms with E-state index in [1.807, 2.05) is 24.3 Å². The van der Waals surface area contributed by atoms with Crippen LogP contribution < -0.4 is 14.4 Å². The van der Waals surface area contributed by atoms with E-state index in [2.05, 4.69) is 15.9 Å². The van der Waals surface area contributed by atoms with Crippen molar-refractivity contribution in [1.29, 1.82) is 0 Å². The first kappa shape index (κ1) is 22.5. The minimum absolute atomic E-state index is 0.268. The lowest BCUT2D eigenvalue weighted by Gasteiger charge is -2.14. The molecule has 0 aromatic heterocycles. The molecule has 32 heavy (non-hydrogen) atoms. The van der Waals surface area contributed by atoms with E-state index in [0.29, 0.717) is 37.2 Å². The Kier molecular flexibility index (Phi) is 6.89. The molecule has 0 N–H and O–H groups in total. The number of methoxy groups -OCH3 is 1. The quantitative estimate of drug-likeness (QED) is 0.323. The van der Waals surface area contributed by atoms with E-state index in [9.17, 15) is 9.59 Å². The van der Waals surface area contributed by atoms with E-state index in [-0.39, 0.29) is 17.8 Å². The van der Waals surface area contributed by atoms with Crippen molar-refractivity contribution in [3.8, 4) is 11.5 Å². The van der Waals surface area contributed by atoms with E-state index >= 15 is 0 Å². The third kappa shape index (κ3) is 4.70. The van der Waals surface area contributed by atoms with Gasteiger partial charge >= 0.3 is 0 Å². The maximum atomic E-state index is 12.9. The topological polar surface area (TPSA) is 55.8 Å². The van der Waals surface area contributed by atoms with Crippen LogP contribution in [0.2, 0.25) is 5.02 Å². The molecule has 0 unspecified atom stereocenters. The smallest absolute Gasteiger partial charge is 0.298 e. The number of anilines is 1. The summed E-state index contributed by atoms with van der Waals surface area (Å²) in [4.78, 5) is 26.8. The molecule has 0 bridgehead atoms. The third-order valence-corrected chi connectivity index (χ3v) is 6.51. The number of para-hydroxylation sites is 1. The summed E-state index contributed by atoms with van der Waals surface area (Å²) in [5, 5.41) is 0.284. The van der Waals surface area contributed by atoms with Crippen molar-refractivity contribution < 1.29 is 19.1 Å². The zero-order valence-electron chi connectivity index (χ0n) is 16.9. The monoisotopic (exact) mass is 529 g/mol. The van der Waals surface area contributed by atoms with Gasteiger partial charge in [0.2, 0.25) is 0 Å². The summed E-state index contributed by atoms with van der Waals surface area (Å²) in [6.07, 6.45) is 1.67. The Hall–Kier alpha value is -2.74. The van der Waals surface area contributed by atoms with Gasteiger partial charge < -0.3 is 9.47 Å². The first-order valence-corrected chi connectivity index (χ1v) is 11.5. The van der Waals surface area contributed by atoms with E-state index in [4.69, 9.17) is 21.1 Å². The normalized spacial score (nSPS) is 14.8. The second kappa shape index (κ2) is 9.81. The summed E-state index contributed by atoms with van der Waals surface area (Å²) >= 11 is 10.6. The molecule has 1 aliphatic rings. The molecule has 0 saturated carbocycles. The number of thioether (sulfide) groups is 1. The van der Waals surface area contributed by atoms with Gasteiger partial charge in [-0.1, -0.05) is 48.0 Å². The second-order valence-electron chi connectivity index (χ2n) is 6.77. The number of carbonyl (C=O) groups excluding carboxylic acids is 2. The number of imide groups is 1. The molecule has 3 aromatic rings. The van der Waals surface area contributed by atoms with Crippen LogP contribution in [-0.4, -0.2) is 18.3 Å². The number of rotatable bonds is 6. The summed E-state index contributed by atoms with van der Waals surface area (Å²) < 4.78 is 12.1. The van der Waals surface area contributed by atoms with Gasteiger partial charge in [0.15, 0.2) is 11.5 Å². The Balaban J connectivity index is 1.59. The van der Waals surface area contributed by atoms with Crippen molar-refractivity contribution >= 4 is 62.2 Å². The van der Waals surface area contributed by atoms with Crippen LogP contribution in [0.3, 0.4) is 0 Å². The van der Waals surface area contributed by atoms with Gasteiger partial charge in [-0.25, -0.2) is 4.90 Å². The minimum atomic E-state index is -0.361. The van der Waals surface area contributed by atoms with Gasteiger partial charge in [0.05, 0.1) is 22.2 Å². The molecule has 2 amide bonds. The van der Waals surface area contributed by atoms with Crippen LogP contribution in [0.5, 0.6) is 11.5 Å². The van der Waals surface area contributed by atoms with Gasteiger partial charge in [0, 0.05) is 10.6 Å². The Morgan fingerprint density at radius 1 is 1.06 bits per heavy atom. The predicted octanol–water partition coefficient (Wildman–Crippen LogP) is 6.93. The first-order valence-electron chi connectivity index (χ1n) is 9.54. The maximum absolute atomic E-state index is 12.9. The molecule has 1 fully saturated rings. The largest absolute Gasteiger partial charge is 0.493 e. The van der Waals surface area contributed by atoms with Crippen molar-refractivity contribution in [2.75, 3.05) is 12.0 Å². The van der Waals surface area contributed by atoms with Crippen LogP contribution in [-0.2, 0) is 11.4 Å². The van der Waals surface area contributed by atoms with E-state index < -0.39 is 0 Å². The highest BCUT2D eigenvalue weighted by Gasteiger charge is 2.36. The molecule has 162 valence electrons. The zero-order valence-corrected chi connectivity index (χ0v) is 20.0. The van der Waals surface area contributed by atoms with E-state index in [0.717, 1.165) is 17.3 Å². The van der Waals surface area contributed by atoms with E-state index in [1.54, 1.807) is 48.5 Å². The highest BCUT2D eigenvalue weighted by molar-refractivity contribution is 9.10. The van der Waals surface area contributed by atoms with Gasteiger partial charge in [-0.3, -0.25) is 9.59 Å². The molecule has 0 aliphatic carbocycles. The highest BCUT2D eigenvalue weighted by atomic mass is 79.9. The fourth-order valence-corrected chi connectivity index (χ4v) is 4.75. The lowest BCUT2D eigenvalue weighted by molar-refractivity contribution is -0.113. The van der Waals surface area contributed by atoms with Gasteiger partial charge in [0.25, 0.3) is 11.1 Å². The summed E-state index contributed by atoms with van der Waals surface area (Å²) in [5.74, 6) is 0.641. The molecule has 3 aromatic carbocycles. The molecular weight excluding hydrogens is 514 g/mol. The molecule has 5 nitrogen and oxygen atoms in total. The Bertz CT molecular complexity index is 1220. The SMILES string of the molecule is COc1cc(/C=C2/SC(=O)N(c3ccccc3)C2=O)cc(Br)c1OCc1ccccc1Cl. The molecule has 1 saturated heterocycles. The summed E-state index contributed by atoms with van der Waals surface area (Å²) in [6.45, 7) is 0.268. The second-order valence-corrected chi connectivity index (χ2v) is 9.02. The summed E-state index contributed by atoms with van der Waals surface area (Å²) in [6, 6.07) is 19.9. The molecule has 8 heteroatoms. The maximum Gasteiger partial charge on any atom is 0.298 e. The number of halogens is 2. The minimum Gasteiger partial charge on any atom is -0.493 e. The number of hydrogen-bond donors (Lipinski definition) is 0. The average molecular weight is 531 g/mol. The number of nitrogens with zero attached hydrogens (tertiary/aromatic N) is 1. The summed E-state index contributed by atoms with van der Waals surface area (Å²) in [7, 11) is 1.54. The number of benzene rings is 3. The van der Waals surface area contributed by atoms with Gasteiger partial charge in [-0.15, -0.1) is 0 Å². The van der Waals surface area contributed by atoms with Crippen LogP contribution in [0.4, 0.5) is 10.5 Å². The zero-order chi connectivity index (χ0) is 22.7. The van der Waals surface area contributed by atoms with Crippen molar-refractivity contribution in [2.45, 2.75) is 6.61 Å². The van der Waals surface area contributed by atoms with Gasteiger partial charge in [0.1, 0.15) is 6.61 Å². The molecule has 1 heterocycles. The highest BCUT2D eigenvalue weighted by Crippen LogP contribution is 2.40. The lowest BCUT2D eigenvalue weighted by atomic mass is 10.1. The standard InChI is InChI=1S/C24H17BrClNO4S/c1-30-20-12-15(11-18(25)22(20)31-14-16-7-5-6-10-19(16)26)13-21-23(28)27(24(29)32-21)17-8-3-2-4-9-17/h2-13H,14H2,1H3/b21-13+. The van der Waals surface area contributed by atoms with Crippen molar-refractivity contribution in [3.63, 3.8) is 0 Å². The fraction of sp³-hybridized carbons (Fsp3) is 0.0833. The molecule has 0 atom stereocenters. The first-order chi connectivity index (χ1) is 15.5. The Morgan fingerprint density at radius 3 is 2.50 bits per heavy atom. The van der Waals surface area contributed by atoms with Crippen molar-refractivity contribution in [3.05, 3.63) is 92.3 Å². The summed E-state index contributed by atoms with van der Waals surface area (Å²) in [5.41, 5.74) is 2.08. The van der Waals surface area contributed by atoms with E-state index in [1.165, 1.54) is 12.0 Å². The van der Waals surface area contributed by atoms with Crippen molar-refractivity contribution in [2.24, 2.45) is 0 Å². The molecular formula is C24H17BrClNO4S. The van der Waals surface area contributed by atoms with Crippen molar-refractivity contribution in [1.82, 2.24) is 0 Å². The third-order valence-electron chi connectivity index (χ3n) is 4.69. The number of ether oxygens (including phenoxy) is 2. The van der Waals surface area contributed by atoms with Crippen LogP contribution in [0, 0.1) is 0 Å². The number of hydrogen-bond acceptors (Lipinski definition) is 5. The van der Waals surface area contributed by atoms with Crippen LogP contribution in [0.25, 0.3) is 6.08 Å². The molecule has 4 rings (SSSR count). The number of amides is 2. The molecule has 1 aliphatic heterocycles. The fourth-order valence-electron chi connectivity index (χ4n) is 3.15. The lowest BCUT2D eigenvalue weighted by Crippen LogP contribution is -2.27. The Morgan fingerprint density at radius 2 is 1.78 bits per heavy atom. The van der Waals surface area contributed by atoms with Crippen LogP contribution in [0.1, 0.15) is 11.1 Å². The predicted molar refractivity (Wildman–Crippen MR) is 131 cm³/mol. The molecule has 0 spiro atoms. The average Bonchev–Trinajstić information content (AvgIpc) is 3.07.